The summed E-state index contributed by atoms with van der Waals surface area (Å²) in [6.45, 7) is 7.84. The summed E-state index contributed by atoms with van der Waals surface area (Å²) in [5.74, 6) is 6.18. The number of aromatic nitrogens is 2. The van der Waals surface area contributed by atoms with Crippen molar-refractivity contribution in [3.05, 3.63) is 16.4 Å². The summed E-state index contributed by atoms with van der Waals surface area (Å²) in [4.78, 5) is 0. The molecule has 0 radical (unpaired) electrons. The van der Waals surface area contributed by atoms with Gasteiger partial charge in [-0.2, -0.15) is 5.10 Å². The van der Waals surface area contributed by atoms with Crippen molar-refractivity contribution in [1.29, 1.82) is 0 Å². The van der Waals surface area contributed by atoms with Crippen molar-refractivity contribution in [3.8, 4) is 0 Å². The van der Waals surface area contributed by atoms with Crippen molar-refractivity contribution < 1.29 is 4.74 Å². The molecule has 1 aliphatic rings. The first-order valence-corrected chi connectivity index (χ1v) is 7.80. The minimum atomic E-state index is 0.171. The van der Waals surface area contributed by atoms with Crippen LogP contribution in [0.15, 0.2) is 0 Å². The maximum absolute atomic E-state index is 6.46. The number of nitrogens with zero attached hydrogens (tertiary/aromatic N) is 2. The van der Waals surface area contributed by atoms with E-state index in [1.54, 1.807) is 0 Å². The third-order valence-electron chi connectivity index (χ3n) is 4.12. The van der Waals surface area contributed by atoms with Gasteiger partial charge >= 0.3 is 0 Å². The van der Waals surface area contributed by atoms with Crippen molar-refractivity contribution in [1.82, 2.24) is 15.2 Å². The summed E-state index contributed by atoms with van der Waals surface area (Å²) < 4.78 is 7.64. The van der Waals surface area contributed by atoms with Crippen molar-refractivity contribution in [2.45, 2.75) is 58.7 Å². The largest absolute Gasteiger partial charge is 0.378 e. The number of hydrogen-bond acceptors (Lipinski definition) is 4. The fourth-order valence-electron chi connectivity index (χ4n) is 2.91. The summed E-state index contributed by atoms with van der Waals surface area (Å²) in [6, 6.07) is 0.171. The minimum absolute atomic E-state index is 0.171. The highest BCUT2D eigenvalue weighted by molar-refractivity contribution is 6.31. The van der Waals surface area contributed by atoms with Crippen molar-refractivity contribution in [2.75, 3.05) is 6.61 Å². The molecule has 1 aromatic rings. The molecular weight excluding hydrogens is 276 g/mol. The Labute approximate surface area is 125 Å². The van der Waals surface area contributed by atoms with Gasteiger partial charge in [-0.1, -0.05) is 18.5 Å². The highest BCUT2D eigenvalue weighted by Gasteiger charge is 2.30. The Kier molecular flexibility index (Phi) is 5.43. The van der Waals surface area contributed by atoms with E-state index in [1.807, 2.05) is 4.68 Å². The van der Waals surface area contributed by atoms with E-state index in [1.165, 1.54) is 0 Å². The van der Waals surface area contributed by atoms with Crippen LogP contribution in [0.3, 0.4) is 0 Å². The van der Waals surface area contributed by atoms with E-state index >= 15 is 0 Å². The highest BCUT2D eigenvalue weighted by atomic mass is 35.5. The van der Waals surface area contributed by atoms with E-state index < -0.39 is 0 Å². The number of hydrazine groups is 1. The van der Waals surface area contributed by atoms with Gasteiger partial charge in [0.05, 0.1) is 29.1 Å². The van der Waals surface area contributed by atoms with Crippen LogP contribution in [0, 0.1) is 5.92 Å². The molecule has 2 rings (SSSR count). The van der Waals surface area contributed by atoms with E-state index in [2.05, 4.69) is 31.3 Å². The number of rotatable bonds is 6. The van der Waals surface area contributed by atoms with Crippen LogP contribution >= 0.6 is 11.6 Å². The molecule has 1 fully saturated rings. The summed E-state index contributed by atoms with van der Waals surface area (Å²) in [7, 11) is 0. The van der Waals surface area contributed by atoms with Crippen LogP contribution < -0.4 is 11.3 Å². The lowest BCUT2D eigenvalue weighted by molar-refractivity contribution is 0.116. The molecule has 3 atom stereocenters. The Morgan fingerprint density at radius 2 is 2.30 bits per heavy atom. The average molecular weight is 301 g/mol. The zero-order valence-corrected chi connectivity index (χ0v) is 13.3. The van der Waals surface area contributed by atoms with Gasteiger partial charge in [-0.15, -0.1) is 0 Å². The first-order valence-electron chi connectivity index (χ1n) is 7.42. The third-order valence-corrected chi connectivity index (χ3v) is 4.56. The third kappa shape index (κ3) is 3.17. The van der Waals surface area contributed by atoms with Crippen LogP contribution in [-0.4, -0.2) is 28.5 Å². The maximum atomic E-state index is 6.46. The molecule has 3 N–H and O–H groups in total. The summed E-state index contributed by atoms with van der Waals surface area (Å²) in [5.41, 5.74) is 4.98. The molecule has 20 heavy (non-hydrogen) atoms. The molecule has 1 saturated heterocycles. The zero-order valence-electron chi connectivity index (χ0n) is 12.5. The molecule has 1 aromatic heterocycles. The van der Waals surface area contributed by atoms with Crippen molar-refractivity contribution in [2.24, 2.45) is 11.8 Å². The molecule has 6 heteroatoms. The second-order valence-electron chi connectivity index (χ2n) is 5.49. The molecule has 0 bridgehead atoms. The van der Waals surface area contributed by atoms with Gasteiger partial charge in [-0.25, -0.2) is 0 Å². The summed E-state index contributed by atoms with van der Waals surface area (Å²) in [5, 5.41) is 5.35. The van der Waals surface area contributed by atoms with E-state index in [-0.39, 0.29) is 6.04 Å². The number of nitrogens with two attached hydrogens (primary N) is 1. The van der Waals surface area contributed by atoms with Gasteiger partial charge in [0.15, 0.2) is 0 Å². The van der Waals surface area contributed by atoms with E-state index in [9.17, 15) is 0 Å². The van der Waals surface area contributed by atoms with Gasteiger partial charge in [0, 0.05) is 24.9 Å². The van der Waals surface area contributed by atoms with E-state index in [0.29, 0.717) is 12.0 Å². The first kappa shape index (κ1) is 15.8. The monoisotopic (exact) mass is 300 g/mol. The lowest BCUT2D eigenvalue weighted by atomic mass is 9.93. The SMILES string of the molecule is CCc1nn(CC)c(CC(NN)C2COC(C)C2)c1Cl. The Bertz CT molecular complexity index is 449. The average Bonchev–Trinajstić information content (AvgIpc) is 3.00. The molecule has 114 valence electrons. The fourth-order valence-corrected chi connectivity index (χ4v) is 3.26. The molecule has 5 nitrogen and oxygen atoms in total. The number of ether oxygens (including phenoxy) is 1. The van der Waals surface area contributed by atoms with Gasteiger partial charge in [0.1, 0.15) is 0 Å². The van der Waals surface area contributed by atoms with Crippen LogP contribution in [0.25, 0.3) is 0 Å². The van der Waals surface area contributed by atoms with Gasteiger partial charge in [0.25, 0.3) is 0 Å². The van der Waals surface area contributed by atoms with Gasteiger partial charge in [-0.05, 0) is 26.7 Å². The number of halogens is 1. The Hall–Kier alpha value is -0.620. The summed E-state index contributed by atoms with van der Waals surface area (Å²) >= 11 is 6.46. The first-order chi connectivity index (χ1) is 9.60. The van der Waals surface area contributed by atoms with E-state index in [4.69, 9.17) is 22.2 Å². The van der Waals surface area contributed by atoms with Gasteiger partial charge in [-0.3, -0.25) is 16.0 Å². The van der Waals surface area contributed by atoms with Gasteiger partial charge < -0.3 is 4.74 Å². The fraction of sp³-hybridized carbons (Fsp3) is 0.786. The van der Waals surface area contributed by atoms with Crippen molar-refractivity contribution in [3.63, 3.8) is 0 Å². The normalized spacial score (nSPS) is 24.2. The standard InChI is InChI=1S/C14H25ClN4O/c1-4-11-14(15)13(19(5-2)18-11)7-12(17-16)10-6-9(3)20-8-10/h9-10,12,17H,4-8,16H2,1-3H3. The van der Waals surface area contributed by atoms with Crippen LogP contribution in [0.1, 0.15) is 38.6 Å². The smallest absolute Gasteiger partial charge is 0.0850 e. The molecule has 0 spiro atoms. The van der Waals surface area contributed by atoms with E-state index in [0.717, 1.165) is 48.8 Å². The highest BCUT2D eigenvalue weighted by Crippen LogP contribution is 2.28. The van der Waals surface area contributed by atoms with Gasteiger partial charge in [0.2, 0.25) is 0 Å². The van der Waals surface area contributed by atoms with Crippen LogP contribution in [0.2, 0.25) is 5.02 Å². The summed E-state index contributed by atoms with van der Waals surface area (Å²) in [6.07, 6.45) is 2.99. The molecule has 1 aliphatic heterocycles. The Morgan fingerprint density at radius 1 is 1.55 bits per heavy atom. The lowest BCUT2D eigenvalue weighted by Crippen LogP contribution is -2.43. The van der Waals surface area contributed by atoms with Crippen molar-refractivity contribution >= 4 is 11.6 Å². The Balaban J connectivity index is 2.16. The maximum Gasteiger partial charge on any atom is 0.0850 e. The minimum Gasteiger partial charge on any atom is -0.378 e. The number of aryl methyl sites for hydroxylation is 2. The molecule has 2 heterocycles. The zero-order chi connectivity index (χ0) is 14.7. The Morgan fingerprint density at radius 3 is 2.80 bits per heavy atom. The topological polar surface area (TPSA) is 65.1 Å². The molecular formula is C14H25ClN4O. The second-order valence-corrected chi connectivity index (χ2v) is 5.87. The molecule has 0 aromatic carbocycles. The predicted octanol–water partition coefficient (Wildman–Crippen LogP) is 1.92. The van der Waals surface area contributed by atoms with Crippen LogP contribution in [0.4, 0.5) is 0 Å². The quantitative estimate of drug-likeness (QED) is 0.622. The molecule has 3 unspecified atom stereocenters. The van der Waals surface area contributed by atoms with Crippen LogP contribution in [0.5, 0.6) is 0 Å². The predicted molar refractivity (Wildman–Crippen MR) is 80.6 cm³/mol. The number of nitrogens with one attached hydrogen (secondary N) is 1. The molecule has 0 saturated carbocycles. The second kappa shape index (κ2) is 6.89. The molecule has 0 aliphatic carbocycles. The number of hydrogen-bond donors (Lipinski definition) is 2. The molecule has 0 amide bonds. The van der Waals surface area contributed by atoms with Crippen LogP contribution in [-0.2, 0) is 24.1 Å². The lowest BCUT2D eigenvalue weighted by Gasteiger charge is -2.22.